The van der Waals surface area contributed by atoms with E-state index in [1.807, 2.05) is 24.4 Å². The second-order valence-electron chi connectivity index (χ2n) is 5.89. The summed E-state index contributed by atoms with van der Waals surface area (Å²) >= 11 is 12.1. The minimum atomic E-state index is 0.597. The summed E-state index contributed by atoms with van der Waals surface area (Å²) in [5.74, 6) is 0. The molecule has 1 aliphatic rings. The van der Waals surface area contributed by atoms with E-state index >= 15 is 0 Å². The number of nitrogens with zero attached hydrogens (tertiary/aromatic N) is 2. The average Bonchev–Trinajstić information content (AvgIpc) is 2.53. The summed E-state index contributed by atoms with van der Waals surface area (Å²) < 4.78 is 0. The van der Waals surface area contributed by atoms with Crippen LogP contribution in [0.2, 0.25) is 10.0 Å². The Morgan fingerprint density at radius 1 is 1.04 bits per heavy atom. The second kappa shape index (κ2) is 7.35. The van der Waals surface area contributed by atoms with Gasteiger partial charge >= 0.3 is 0 Å². The van der Waals surface area contributed by atoms with Crippen LogP contribution in [0.15, 0.2) is 47.5 Å². The fraction of sp³-hybridized carbons (Fsp3) is 0.278. The summed E-state index contributed by atoms with van der Waals surface area (Å²) in [6.07, 6.45) is 1.89. The molecule has 0 spiro atoms. The lowest BCUT2D eigenvalue weighted by Gasteiger charge is -2.32. The first-order valence-corrected chi connectivity index (χ1v) is 8.53. The Balaban J connectivity index is 1.84. The van der Waals surface area contributed by atoms with Crippen molar-refractivity contribution >= 4 is 40.8 Å². The Morgan fingerprint density at radius 3 is 2.39 bits per heavy atom. The number of quaternary nitrogens is 1. The maximum absolute atomic E-state index is 6.03. The number of likely N-dealkylation sites (N-methyl/N-ethyl adjacent to an activating group) is 1. The molecule has 3 rings (SSSR count). The Hall–Kier alpha value is -1.55. The Labute approximate surface area is 147 Å². The zero-order valence-corrected chi connectivity index (χ0v) is 14.6. The molecule has 23 heavy (non-hydrogen) atoms. The van der Waals surface area contributed by atoms with Crippen LogP contribution in [0.1, 0.15) is 5.56 Å². The standard InChI is InChI=1S/C18H19Cl2N3/c1-22-6-8-23(9-7-22)18-5-3-2-4-14(18)13-21-17-11-15(19)10-16(20)12-17/h2-5,10-13H,6-9H2,1H3/p+1. The van der Waals surface area contributed by atoms with Gasteiger partial charge in [0.05, 0.1) is 38.9 Å². The van der Waals surface area contributed by atoms with Gasteiger partial charge in [-0.1, -0.05) is 41.4 Å². The van der Waals surface area contributed by atoms with Crippen LogP contribution >= 0.6 is 23.2 Å². The lowest BCUT2D eigenvalue weighted by molar-refractivity contribution is -0.880. The van der Waals surface area contributed by atoms with E-state index in [0.717, 1.165) is 37.4 Å². The van der Waals surface area contributed by atoms with E-state index in [0.29, 0.717) is 10.0 Å². The van der Waals surface area contributed by atoms with Crippen molar-refractivity contribution in [3.8, 4) is 0 Å². The molecular formula is C18H20Cl2N3+. The van der Waals surface area contributed by atoms with Gasteiger partial charge < -0.3 is 9.80 Å². The van der Waals surface area contributed by atoms with Crippen molar-refractivity contribution in [3.05, 3.63) is 58.1 Å². The first kappa shape index (κ1) is 16.3. The molecular weight excluding hydrogens is 329 g/mol. The first-order valence-electron chi connectivity index (χ1n) is 7.77. The van der Waals surface area contributed by atoms with Gasteiger partial charge in [0.15, 0.2) is 0 Å². The number of para-hydroxylation sites is 1. The van der Waals surface area contributed by atoms with E-state index < -0.39 is 0 Å². The number of aliphatic imine (C=N–C) groups is 1. The summed E-state index contributed by atoms with van der Waals surface area (Å²) in [5.41, 5.74) is 3.11. The van der Waals surface area contributed by atoms with Gasteiger partial charge in [0.25, 0.3) is 0 Å². The van der Waals surface area contributed by atoms with Crippen LogP contribution < -0.4 is 9.80 Å². The molecule has 0 amide bonds. The van der Waals surface area contributed by atoms with Crippen LogP contribution in [0.5, 0.6) is 0 Å². The van der Waals surface area contributed by atoms with Gasteiger partial charge in [0.1, 0.15) is 0 Å². The topological polar surface area (TPSA) is 20.0 Å². The molecule has 2 aromatic rings. The van der Waals surface area contributed by atoms with Crippen LogP contribution in [0, 0.1) is 0 Å². The van der Waals surface area contributed by atoms with E-state index in [1.165, 1.54) is 5.69 Å². The molecule has 0 saturated carbocycles. The van der Waals surface area contributed by atoms with E-state index in [-0.39, 0.29) is 0 Å². The molecule has 0 aliphatic carbocycles. The summed E-state index contributed by atoms with van der Waals surface area (Å²) in [6.45, 7) is 4.46. The highest BCUT2D eigenvalue weighted by molar-refractivity contribution is 6.35. The highest BCUT2D eigenvalue weighted by Gasteiger charge is 2.18. The minimum absolute atomic E-state index is 0.597. The lowest BCUT2D eigenvalue weighted by atomic mass is 10.1. The molecule has 3 nitrogen and oxygen atoms in total. The highest BCUT2D eigenvalue weighted by Crippen LogP contribution is 2.25. The number of hydrogen-bond acceptors (Lipinski definition) is 2. The molecule has 120 valence electrons. The van der Waals surface area contributed by atoms with Gasteiger partial charge in [0.2, 0.25) is 0 Å². The van der Waals surface area contributed by atoms with Crippen LogP contribution in [-0.2, 0) is 0 Å². The number of rotatable bonds is 3. The number of nitrogens with one attached hydrogen (secondary N) is 1. The van der Waals surface area contributed by atoms with Gasteiger partial charge in [-0.25, -0.2) is 0 Å². The van der Waals surface area contributed by atoms with Gasteiger partial charge in [-0.05, 0) is 24.3 Å². The van der Waals surface area contributed by atoms with Crippen molar-refractivity contribution in [2.24, 2.45) is 4.99 Å². The zero-order valence-electron chi connectivity index (χ0n) is 13.1. The van der Waals surface area contributed by atoms with E-state index in [1.54, 1.807) is 11.0 Å². The highest BCUT2D eigenvalue weighted by atomic mass is 35.5. The van der Waals surface area contributed by atoms with Crippen molar-refractivity contribution in [1.29, 1.82) is 0 Å². The lowest BCUT2D eigenvalue weighted by Crippen LogP contribution is -3.12. The predicted molar refractivity (Wildman–Crippen MR) is 99.0 cm³/mol. The fourth-order valence-electron chi connectivity index (χ4n) is 2.77. The number of piperazine rings is 1. The monoisotopic (exact) mass is 348 g/mol. The molecule has 1 saturated heterocycles. The van der Waals surface area contributed by atoms with Crippen LogP contribution in [0.4, 0.5) is 11.4 Å². The van der Waals surface area contributed by atoms with Crippen molar-refractivity contribution < 1.29 is 4.90 Å². The molecule has 1 fully saturated rings. The van der Waals surface area contributed by atoms with Gasteiger partial charge in [-0.15, -0.1) is 0 Å². The normalized spacial score (nSPS) is 16.2. The number of benzene rings is 2. The molecule has 0 aromatic heterocycles. The third kappa shape index (κ3) is 4.25. The molecule has 1 heterocycles. The Kier molecular flexibility index (Phi) is 5.21. The van der Waals surface area contributed by atoms with E-state index in [2.05, 4.69) is 35.1 Å². The summed E-state index contributed by atoms with van der Waals surface area (Å²) in [6, 6.07) is 13.7. The van der Waals surface area contributed by atoms with Crippen LogP contribution in [0.3, 0.4) is 0 Å². The fourth-order valence-corrected chi connectivity index (χ4v) is 3.29. The molecule has 1 aliphatic heterocycles. The Morgan fingerprint density at radius 2 is 1.70 bits per heavy atom. The van der Waals surface area contributed by atoms with Crippen molar-refractivity contribution in [3.63, 3.8) is 0 Å². The smallest absolute Gasteiger partial charge is 0.0947 e. The summed E-state index contributed by atoms with van der Waals surface area (Å²) in [4.78, 5) is 8.56. The molecule has 0 atom stereocenters. The maximum Gasteiger partial charge on any atom is 0.0947 e. The third-order valence-electron chi connectivity index (χ3n) is 4.09. The van der Waals surface area contributed by atoms with E-state index in [9.17, 15) is 0 Å². The van der Waals surface area contributed by atoms with Crippen LogP contribution in [-0.4, -0.2) is 39.4 Å². The molecule has 0 radical (unpaired) electrons. The average molecular weight is 349 g/mol. The van der Waals surface area contributed by atoms with Gasteiger partial charge in [-0.2, -0.15) is 0 Å². The first-order chi connectivity index (χ1) is 11.1. The molecule has 5 heteroatoms. The van der Waals surface area contributed by atoms with Crippen molar-refractivity contribution in [2.75, 3.05) is 38.1 Å². The largest absolute Gasteiger partial charge is 0.360 e. The quantitative estimate of drug-likeness (QED) is 0.845. The number of anilines is 1. The zero-order chi connectivity index (χ0) is 16.2. The molecule has 1 N–H and O–H groups in total. The van der Waals surface area contributed by atoms with Crippen molar-refractivity contribution in [1.82, 2.24) is 0 Å². The number of halogens is 2. The number of hydrogen-bond donors (Lipinski definition) is 1. The van der Waals surface area contributed by atoms with Gasteiger partial charge in [-0.3, -0.25) is 4.99 Å². The minimum Gasteiger partial charge on any atom is -0.360 e. The third-order valence-corrected chi connectivity index (χ3v) is 4.53. The van der Waals surface area contributed by atoms with E-state index in [4.69, 9.17) is 23.2 Å². The van der Waals surface area contributed by atoms with Gasteiger partial charge in [0, 0.05) is 27.5 Å². The van der Waals surface area contributed by atoms with Crippen molar-refractivity contribution in [2.45, 2.75) is 0 Å². The second-order valence-corrected chi connectivity index (χ2v) is 6.76. The van der Waals surface area contributed by atoms with Crippen LogP contribution in [0.25, 0.3) is 0 Å². The SMILES string of the molecule is C[NH+]1CCN(c2ccccc2C=Nc2cc(Cl)cc(Cl)c2)CC1. The molecule has 0 bridgehead atoms. The molecule has 2 aromatic carbocycles. The maximum atomic E-state index is 6.03. The predicted octanol–water partition coefficient (Wildman–Crippen LogP) is 3.08. The summed E-state index contributed by atoms with van der Waals surface area (Å²) in [7, 11) is 2.24. The molecule has 0 unspecified atom stereocenters. The summed E-state index contributed by atoms with van der Waals surface area (Å²) in [5, 5.41) is 1.19. The Bertz CT molecular complexity index is 687.